The van der Waals surface area contributed by atoms with Crippen LogP contribution in [-0.4, -0.2) is 12.1 Å². The Balaban J connectivity index is 1.64. The van der Waals surface area contributed by atoms with Gasteiger partial charge >= 0.3 is 5.97 Å². The van der Waals surface area contributed by atoms with Crippen LogP contribution in [0.25, 0.3) is 0 Å². The number of benzene rings is 1. The second-order valence-electron chi connectivity index (χ2n) is 10.2. The van der Waals surface area contributed by atoms with Crippen molar-refractivity contribution in [1.29, 1.82) is 0 Å². The lowest BCUT2D eigenvalue weighted by Crippen LogP contribution is -2.25. The third-order valence-corrected chi connectivity index (χ3v) is 7.28. The van der Waals surface area contributed by atoms with E-state index in [-0.39, 0.29) is 18.0 Å². The average molecular weight is 445 g/mol. The van der Waals surface area contributed by atoms with Crippen molar-refractivity contribution in [2.45, 2.75) is 124 Å². The van der Waals surface area contributed by atoms with Crippen molar-refractivity contribution in [3.63, 3.8) is 0 Å². The van der Waals surface area contributed by atoms with Crippen LogP contribution in [-0.2, 0) is 4.79 Å². The van der Waals surface area contributed by atoms with Gasteiger partial charge in [-0.05, 0) is 81.5 Å². The molecule has 1 aromatic rings. The minimum absolute atomic E-state index is 0.0572. The van der Waals surface area contributed by atoms with E-state index in [0.29, 0.717) is 5.75 Å². The first-order valence-corrected chi connectivity index (χ1v) is 13.5. The van der Waals surface area contributed by atoms with Gasteiger partial charge in [0.1, 0.15) is 11.5 Å². The number of hydrogen-bond donors (Lipinski definition) is 0. The van der Waals surface area contributed by atoms with E-state index in [2.05, 4.69) is 27.7 Å². The summed E-state index contributed by atoms with van der Waals surface area (Å²) in [6.45, 7) is 9.00. The fourth-order valence-electron chi connectivity index (χ4n) is 4.75. The molecule has 1 aliphatic carbocycles. The van der Waals surface area contributed by atoms with E-state index in [1.807, 2.05) is 24.3 Å². The molecular formula is C29H48O3. The Labute approximate surface area is 197 Å². The van der Waals surface area contributed by atoms with E-state index in [0.717, 1.165) is 36.8 Å². The maximum Gasteiger partial charge on any atom is 0.314 e. The van der Waals surface area contributed by atoms with E-state index >= 15 is 0 Å². The summed E-state index contributed by atoms with van der Waals surface area (Å²) in [6, 6.07) is 7.56. The molecule has 0 aromatic heterocycles. The van der Waals surface area contributed by atoms with Gasteiger partial charge in [0, 0.05) is 0 Å². The van der Waals surface area contributed by atoms with Gasteiger partial charge in [-0.1, -0.05) is 72.1 Å². The van der Waals surface area contributed by atoms with Gasteiger partial charge in [-0.3, -0.25) is 4.79 Å². The van der Waals surface area contributed by atoms with Gasteiger partial charge in [-0.15, -0.1) is 0 Å². The summed E-state index contributed by atoms with van der Waals surface area (Å²) in [5.74, 6) is 3.15. The third-order valence-electron chi connectivity index (χ3n) is 7.28. The zero-order valence-corrected chi connectivity index (χ0v) is 21.2. The topological polar surface area (TPSA) is 35.5 Å². The second-order valence-corrected chi connectivity index (χ2v) is 10.2. The van der Waals surface area contributed by atoms with E-state index < -0.39 is 0 Å². The molecule has 1 fully saturated rings. The Morgan fingerprint density at radius 3 is 2.19 bits per heavy atom. The molecule has 1 aromatic carbocycles. The van der Waals surface area contributed by atoms with Crippen LogP contribution in [0.1, 0.15) is 118 Å². The number of hydrogen-bond acceptors (Lipinski definition) is 3. The Morgan fingerprint density at radius 2 is 1.53 bits per heavy atom. The summed E-state index contributed by atoms with van der Waals surface area (Å²) < 4.78 is 11.7. The molecule has 2 rings (SSSR count). The maximum absolute atomic E-state index is 12.6. The third kappa shape index (κ3) is 10.4. The van der Waals surface area contributed by atoms with Crippen molar-refractivity contribution < 1.29 is 14.3 Å². The summed E-state index contributed by atoms with van der Waals surface area (Å²) >= 11 is 0. The lowest BCUT2D eigenvalue weighted by Gasteiger charge is -2.27. The number of carbonyl (C=O) groups is 1. The van der Waals surface area contributed by atoms with Gasteiger partial charge < -0.3 is 9.47 Å². The van der Waals surface area contributed by atoms with Gasteiger partial charge in [0.05, 0.1) is 12.0 Å². The highest BCUT2D eigenvalue weighted by Crippen LogP contribution is 2.33. The summed E-state index contributed by atoms with van der Waals surface area (Å²) in [5, 5.41) is 0. The normalized spacial score (nSPS) is 20.5. The van der Waals surface area contributed by atoms with Gasteiger partial charge in [0.15, 0.2) is 0 Å². The van der Waals surface area contributed by atoms with Crippen molar-refractivity contribution in [3.05, 3.63) is 24.3 Å². The fraction of sp³-hybridized carbons (Fsp3) is 0.759. The largest absolute Gasteiger partial charge is 0.491 e. The van der Waals surface area contributed by atoms with Crippen molar-refractivity contribution >= 4 is 5.97 Å². The molecule has 1 aliphatic rings. The van der Waals surface area contributed by atoms with Crippen LogP contribution < -0.4 is 9.47 Å². The van der Waals surface area contributed by atoms with Gasteiger partial charge in [0.2, 0.25) is 0 Å². The molecule has 0 spiro atoms. The molecule has 32 heavy (non-hydrogen) atoms. The number of rotatable bonds is 15. The highest BCUT2D eigenvalue weighted by molar-refractivity contribution is 5.75. The first-order chi connectivity index (χ1) is 15.5. The van der Waals surface area contributed by atoms with Gasteiger partial charge in [-0.2, -0.15) is 0 Å². The molecule has 182 valence electrons. The smallest absolute Gasteiger partial charge is 0.314 e. The van der Waals surface area contributed by atoms with E-state index in [4.69, 9.17) is 9.47 Å². The Hall–Kier alpha value is -1.51. The summed E-state index contributed by atoms with van der Waals surface area (Å²) in [5.41, 5.74) is 0. The zero-order valence-electron chi connectivity index (χ0n) is 21.2. The first-order valence-electron chi connectivity index (χ1n) is 13.5. The number of carbonyl (C=O) groups excluding carboxylic acids is 1. The van der Waals surface area contributed by atoms with Crippen LogP contribution in [0.3, 0.4) is 0 Å². The molecule has 0 unspecified atom stereocenters. The van der Waals surface area contributed by atoms with Crippen molar-refractivity contribution in [3.8, 4) is 11.5 Å². The second kappa shape index (κ2) is 15.3. The Kier molecular flexibility index (Phi) is 12.8. The molecule has 0 N–H and O–H groups in total. The van der Waals surface area contributed by atoms with E-state index in [9.17, 15) is 4.79 Å². The summed E-state index contributed by atoms with van der Waals surface area (Å²) in [7, 11) is 0. The molecule has 0 heterocycles. The number of unbranched alkanes of at least 4 members (excludes halogenated alkanes) is 4. The zero-order chi connectivity index (χ0) is 23.2. The molecule has 0 aliphatic heterocycles. The lowest BCUT2D eigenvalue weighted by atomic mass is 9.79. The standard InChI is InChI=1S/C29H48O3/c1-5-7-8-9-13-24(4)31-27-19-21-28(22-20-27)32-29(30)26-17-15-25(16-18-26)14-11-10-12-23(3)6-2/h19-26H,5-18H2,1-4H3/t23-,24+,25-,26-/m0/s1. The van der Waals surface area contributed by atoms with Crippen LogP contribution in [0.4, 0.5) is 0 Å². The minimum atomic E-state index is -0.0572. The summed E-state index contributed by atoms with van der Waals surface area (Å²) in [4.78, 5) is 12.6. The molecule has 2 atom stereocenters. The average Bonchev–Trinajstić information content (AvgIpc) is 2.81. The van der Waals surface area contributed by atoms with Crippen LogP contribution >= 0.6 is 0 Å². The summed E-state index contributed by atoms with van der Waals surface area (Å²) in [6.07, 6.45) is 17.3. The molecule has 0 amide bonds. The fourth-order valence-corrected chi connectivity index (χ4v) is 4.75. The Morgan fingerprint density at radius 1 is 0.875 bits per heavy atom. The molecule has 0 saturated heterocycles. The highest BCUT2D eigenvalue weighted by Gasteiger charge is 2.27. The van der Waals surface area contributed by atoms with E-state index in [1.165, 1.54) is 70.6 Å². The molecule has 3 heteroatoms. The van der Waals surface area contributed by atoms with E-state index in [1.54, 1.807) is 0 Å². The molecule has 3 nitrogen and oxygen atoms in total. The van der Waals surface area contributed by atoms with Crippen LogP contribution in [0.5, 0.6) is 11.5 Å². The SMILES string of the molecule is CCCCCC[C@@H](C)Oc1ccc(OC(=O)[C@H]2CC[C@H](CCCC[C@@H](C)CC)CC2)cc1. The lowest BCUT2D eigenvalue weighted by molar-refractivity contribution is -0.140. The van der Waals surface area contributed by atoms with Crippen LogP contribution in [0.15, 0.2) is 24.3 Å². The minimum Gasteiger partial charge on any atom is -0.491 e. The van der Waals surface area contributed by atoms with Crippen molar-refractivity contribution in [2.24, 2.45) is 17.8 Å². The van der Waals surface area contributed by atoms with Crippen LogP contribution in [0.2, 0.25) is 0 Å². The molecule has 0 radical (unpaired) electrons. The van der Waals surface area contributed by atoms with Crippen molar-refractivity contribution in [1.82, 2.24) is 0 Å². The predicted octanol–water partition coefficient (Wildman–Crippen LogP) is 8.74. The first kappa shape index (κ1) is 26.7. The van der Waals surface area contributed by atoms with Gasteiger partial charge in [-0.25, -0.2) is 0 Å². The predicted molar refractivity (Wildman–Crippen MR) is 134 cm³/mol. The van der Waals surface area contributed by atoms with Gasteiger partial charge in [0.25, 0.3) is 0 Å². The quantitative estimate of drug-likeness (QED) is 0.154. The maximum atomic E-state index is 12.6. The molecular weight excluding hydrogens is 396 g/mol. The van der Waals surface area contributed by atoms with Crippen LogP contribution in [0, 0.1) is 17.8 Å². The number of esters is 1. The Bertz CT molecular complexity index is 616. The van der Waals surface area contributed by atoms with Crippen molar-refractivity contribution in [2.75, 3.05) is 0 Å². The molecule has 0 bridgehead atoms. The highest BCUT2D eigenvalue weighted by atomic mass is 16.5. The molecule has 1 saturated carbocycles. The number of ether oxygens (including phenoxy) is 2. The monoisotopic (exact) mass is 444 g/mol.